The summed E-state index contributed by atoms with van der Waals surface area (Å²) in [5.74, 6) is 1.86. The van der Waals surface area contributed by atoms with Crippen LogP contribution in [0.25, 0.3) is 0 Å². The summed E-state index contributed by atoms with van der Waals surface area (Å²) >= 11 is 8.27. The molecule has 1 N–H and O–H groups in total. The van der Waals surface area contributed by atoms with Gasteiger partial charge in [-0.1, -0.05) is 51.3 Å². The van der Waals surface area contributed by atoms with E-state index in [4.69, 9.17) is 11.6 Å². The topological polar surface area (TPSA) is 12.0 Å². The minimum Gasteiger partial charge on any atom is -0.312 e. The second-order valence-electron chi connectivity index (χ2n) is 5.30. The standard InChI is InChI=1S/C16H26ClNS/c1-4-5-6-10-19-16-9-7-8-15(17)14(16)12-18-11-13(2)3/h7-9,13,18H,4-6,10-12H2,1-3H3. The van der Waals surface area contributed by atoms with E-state index in [1.807, 2.05) is 17.8 Å². The fourth-order valence-corrected chi connectivity index (χ4v) is 3.26. The van der Waals surface area contributed by atoms with E-state index < -0.39 is 0 Å². The molecule has 1 rings (SSSR count). The van der Waals surface area contributed by atoms with E-state index in [0.717, 1.165) is 18.1 Å². The predicted octanol–water partition coefficient (Wildman–Crippen LogP) is 5.37. The quantitative estimate of drug-likeness (QED) is 0.486. The van der Waals surface area contributed by atoms with Crippen LogP contribution in [0, 0.1) is 5.92 Å². The number of hydrogen-bond acceptors (Lipinski definition) is 2. The molecule has 0 fully saturated rings. The molecule has 1 aromatic carbocycles. The number of thioether (sulfide) groups is 1. The third-order valence-electron chi connectivity index (χ3n) is 2.94. The van der Waals surface area contributed by atoms with Crippen molar-refractivity contribution in [1.29, 1.82) is 0 Å². The lowest BCUT2D eigenvalue weighted by Crippen LogP contribution is -2.19. The van der Waals surface area contributed by atoms with E-state index in [1.54, 1.807) is 0 Å². The van der Waals surface area contributed by atoms with Gasteiger partial charge in [-0.25, -0.2) is 0 Å². The number of nitrogens with one attached hydrogen (secondary N) is 1. The summed E-state index contributed by atoms with van der Waals surface area (Å²) in [7, 11) is 0. The Balaban J connectivity index is 2.56. The third-order valence-corrected chi connectivity index (χ3v) is 4.48. The van der Waals surface area contributed by atoms with Crippen LogP contribution in [0.4, 0.5) is 0 Å². The van der Waals surface area contributed by atoms with Crippen LogP contribution in [-0.4, -0.2) is 12.3 Å². The van der Waals surface area contributed by atoms with Gasteiger partial charge in [-0.05, 0) is 42.3 Å². The molecule has 0 aliphatic rings. The Kier molecular flexibility index (Phi) is 8.60. The van der Waals surface area contributed by atoms with E-state index in [2.05, 4.69) is 38.2 Å². The molecule has 0 atom stereocenters. The Morgan fingerprint density at radius 3 is 2.74 bits per heavy atom. The van der Waals surface area contributed by atoms with Crippen molar-refractivity contribution >= 4 is 23.4 Å². The molecule has 0 aliphatic heterocycles. The zero-order valence-electron chi connectivity index (χ0n) is 12.3. The van der Waals surface area contributed by atoms with Crippen LogP contribution in [0.3, 0.4) is 0 Å². The van der Waals surface area contributed by atoms with Gasteiger partial charge in [-0.15, -0.1) is 11.8 Å². The SMILES string of the molecule is CCCCCSc1cccc(Cl)c1CNCC(C)C. The number of rotatable bonds is 9. The van der Waals surface area contributed by atoms with Crippen LogP contribution in [0.15, 0.2) is 23.1 Å². The lowest BCUT2D eigenvalue weighted by Gasteiger charge is -2.13. The van der Waals surface area contributed by atoms with Crippen molar-refractivity contribution in [2.75, 3.05) is 12.3 Å². The summed E-state index contributed by atoms with van der Waals surface area (Å²) in [5, 5.41) is 4.37. The lowest BCUT2D eigenvalue weighted by molar-refractivity contribution is 0.550. The van der Waals surface area contributed by atoms with Crippen molar-refractivity contribution in [2.45, 2.75) is 51.5 Å². The summed E-state index contributed by atoms with van der Waals surface area (Å²) in [5.41, 5.74) is 1.26. The largest absolute Gasteiger partial charge is 0.312 e. The van der Waals surface area contributed by atoms with E-state index in [0.29, 0.717) is 5.92 Å². The Morgan fingerprint density at radius 2 is 2.05 bits per heavy atom. The van der Waals surface area contributed by atoms with Gasteiger partial charge < -0.3 is 5.32 Å². The predicted molar refractivity (Wildman–Crippen MR) is 88.2 cm³/mol. The second-order valence-corrected chi connectivity index (χ2v) is 6.84. The fraction of sp³-hybridized carbons (Fsp3) is 0.625. The molecule has 1 nitrogen and oxygen atoms in total. The average Bonchev–Trinajstić information content (AvgIpc) is 2.37. The minimum absolute atomic E-state index is 0.670. The molecular formula is C16H26ClNS. The van der Waals surface area contributed by atoms with Crippen molar-refractivity contribution in [3.8, 4) is 0 Å². The van der Waals surface area contributed by atoms with Gasteiger partial charge in [-0.2, -0.15) is 0 Å². The fourth-order valence-electron chi connectivity index (χ4n) is 1.87. The van der Waals surface area contributed by atoms with E-state index in [9.17, 15) is 0 Å². The van der Waals surface area contributed by atoms with Crippen molar-refractivity contribution in [3.05, 3.63) is 28.8 Å². The Labute approximate surface area is 127 Å². The van der Waals surface area contributed by atoms with Gasteiger partial charge in [-0.3, -0.25) is 0 Å². The highest BCUT2D eigenvalue weighted by molar-refractivity contribution is 7.99. The van der Waals surface area contributed by atoms with Gasteiger partial charge >= 0.3 is 0 Å². The molecule has 0 aromatic heterocycles. The van der Waals surface area contributed by atoms with Gasteiger partial charge in [0, 0.05) is 16.5 Å². The van der Waals surface area contributed by atoms with E-state index in [-0.39, 0.29) is 0 Å². The molecule has 0 bridgehead atoms. The second kappa shape index (κ2) is 9.68. The molecule has 3 heteroatoms. The molecule has 0 amide bonds. The van der Waals surface area contributed by atoms with Crippen LogP contribution in [0.1, 0.15) is 45.6 Å². The molecule has 0 heterocycles. The molecule has 19 heavy (non-hydrogen) atoms. The zero-order valence-corrected chi connectivity index (χ0v) is 13.9. The van der Waals surface area contributed by atoms with Crippen LogP contribution in [0.5, 0.6) is 0 Å². The normalized spacial score (nSPS) is 11.2. The molecule has 0 radical (unpaired) electrons. The number of halogens is 1. The highest BCUT2D eigenvalue weighted by atomic mass is 35.5. The van der Waals surface area contributed by atoms with Gasteiger partial charge in [0.2, 0.25) is 0 Å². The summed E-state index contributed by atoms with van der Waals surface area (Å²) in [4.78, 5) is 1.33. The van der Waals surface area contributed by atoms with Crippen LogP contribution >= 0.6 is 23.4 Å². The Morgan fingerprint density at radius 1 is 1.26 bits per heavy atom. The van der Waals surface area contributed by atoms with Crippen molar-refractivity contribution in [2.24, 2.45) is 5.92 Å². The average molecular weight is 300 g/mol. The number of hydrogen-bond donors (Lipinski definition) is 1. The molecular weight excluding hydrogens is 274 g/mol. The van der Waals surface area contributed by atoms with Crippen molar-refractivity contribution in [1.82, 2.24) is 5.32 Å². The minimum atomic E-state index is 0.670. The third kappa shape index (κ3) is 6.69. The maximum absolute atomic E-state index is 6.33. The zero-order chi connectivity index (χ0) is 14.1. The lowest BCUT2D eigenvalue weighted by atomic mass is 10.2. The first kappa shape index (κ1) is 16.9. The van der Waals surface area contributed by atoms with E-state index >= 15 is 0 Å². The van der Waals surface area contributed by atoms with Crippen LogP contribution in [-0.2, 0) is 6.54 Å². The van der Waals surface area contributed by atoms with E-state index in [1.165, 1.54) is 35.5 Å². The number of unbranched alkanes of at least 4 members (excludes halogenated alkanes) is 2. The highest BCUT2D eigenvalue weighted by Crippen LogP contribution is 2.29. The van der Waals surface area contributed by atoms with Crippen LogP contribution < -0.4 is 5.32 Å². The van der Waals surface area contributed by atoms with Gasteiger partial charge in [0.15, 0.2) is 0 Å². The molecule has 108 valence electrons. The van der Waals surface area contributed by atoms with Crippen LogP contribution in [0.2, 0.25) is 5.02 Å². The molecule has 0 aliphatic carbocycles. The van der Waals surface area contributed by atoms with Gasteiger partial charge in [0.25, 0.3) is 0 Å². The Hall–Kier alpha value is -0.180. The first-order valence-electron chi connectivity index (χ1n) is 7.26. The smallest absolute Gasteiger partial charge is 0.0462 e. The highest BCUT2D eigenvalue weighted by Gasteiger charge is 2.07. The molecule has 1 aromatic rings. The van der Waals surface area contributed by atoms with Crippen molar-refractivity contribution < 1.29 is 0 Å². The maximum atomic E-state index is 6.33. The van der Waals surface area contributed by atoms with Gasteiger partial charge in [0.05, 0.1) is 0 Å². The first-order chi connectivity index (χ1) is 9.15. The molecule has 0 saturated carbocycles. The van der Waals surface area contributed by atoms with Gasteiger partial charge in [0.1, 0.15) is 0 Å². The molecule has 0 unspecified atom stereocenters. The summed E-state index contributed by atoms with van der Waals surface area (Å²) in [6.07, 6.45) is 3.87. The Bertz CT molecular complexity index is 366. The first-order valence-corrected chi connectivity index (χ1v) is 8.62. The maximum Gasteiger partial charge on any atom is 0.0462 e. The summed E-state index contributed by atoms with van der Waals surface area (Å²) in [6, 6.07) is 6.23. The monoisotopic (exact) mass is 299 g/mol. The molecule has 0 spiro atoms. The van der Waals surface area contributed by atoms with Crippen molar-refractivity contribution in [3.63, 3.8) is 0 Å². The number of benzene rings is 1. The summed E-state index contributed by atoms with van der Waals surface area (Å²) in [6.45, 7) is 8.59. The summed E-state index contributed by atoms with van der Waals surface area (Å²) < 4.78 is 0. The molecule has 0 saturated heterocycles.